The summed E-state index contributed by atoms with van der Waals surface area (Å²) in [6, 6.07) is 12.9. The summed E-state index contributed by atoms with van der Waals surface area (Å²) in [5.74, 6) is 0.0407. The van der Waals surface area contributed by atoms with Crippen LogP contribution < -0.4 is 0 Å². The van der Waals surface area contributed by atoms with Gasteiger partial charge in [-0.3, -0.25) is 4.79 Å². The molecule has 1 fully saturated rings. The van der Waals surface area contributed by atoms with Crippen molar-refractivity contribution in [3.8, 4) is 11.1 Å². The average Bonchev–Trinajstić information content (AvgIpc) is 2.54. The minimum Gasteiger partial charge on any atom is -0.378 e. The van der Waals surface area contributed by atoms with Crippen LogP contribution in [0, 0.1) is 0 Å². The molecule has 22 heavy (non-hydrogen) atoms. The smallest absolute Gasteiger partial charge is 0.254 e. The molecule has 1 saturated heterocycles. The molecule has 2 aromatic rings. The zero-order chi connectivity index (χ0) is 15.5. The molecule has 114 valence electrons. The van der Waals surface area contributed by atoms with Crippen LogP contribution in [-0.4, -0.2) is 37.1 Å². The lowest BCUT2D eigenvalue weighted by atomic mass is 10.0. The molecule has 0 spiro atoms. The number of carbonyl (C=O) groups excluding carboxylic acids is 1. The van der Waals surface area contributed by atoms with Crippen LogP contribution in [0.25, 0.3) is 11.1 Å². The maximum absolute atomic E-state index is 12.4. The summed E-state index contributed by atoms with van der Waals surface area (Å²) in [6.45, 7) is 2.49. The first-order valence-electron chi connectivity index (χ1n) is 7.07. The summed E-state index contributed by atoms with van der Waals surface area (Å²) in [4.78, 5) is 14.2. The monoisotopic (exact) mass is 335 g/mol. The molecule has 0 bridgehead atoms. The van der Waals surface area contributed by atoms with Gasteiger partial charge in [0.2, 0.25) is 0 Å². The molecule has 2 aromatic carbocycles. The Labute approximate surface area is 139 Å². The topological polar surface area (TPSA) is 29.5 Å². The van der Waals surface area contributed by atoms with E-state index in [0.717, 1.165) is 11.1 Å². The van der Waals surface area contributed by atoms with E-state index < -0.39 is 0 Å². The van der Waals surface area contributed by atoms with Crippen molar-refractivity contribution in [2.24, 2.45) is 0 Å². The highest BCUT2D eigenvalue weighted by atomic mass is 35.5. The molecule has 0 aromatic heterocycles. The number of amides is 1. The standard InChI is InChI=1S/C17H15Cl2NO2/c18-15-9-14(10-16(19)11-15)12-1-3-13(4-2-12)17(21)20-5-7-22-8-6-20/h1-4,9-11H,5-8H2. The quantitative estimate of drug-likeness (QED) is 0.825. The number of benzene rings is 2. The third-order valence-electron chi connectivity index (χ3n) is 3.63. The van der Waals surface area contributed by atoms with Crippen molar-refractivity contribution in [2.45, 2.75) is 0 Å². The van der Waals surface area contributed by atoms with Gasteiger partial charge in [0.1, 0.15) is 0 Å². The van der Waals surface area contributed by atoms with Gasteiger partial charge in [-0.15, -0.1) is 0 Å². The van der Waals surface area contributed by atoms with E-state index in [1.165, 1.54) is 0 Å². The first kappa shape index (κ1) is 15.3. The third kappa shape index (κ3) is 3.43. The second kappa shape index (κ2) is 6.69. The van der Waals surface area contributed by atoms with E-state index in [0.29, 0.717) is 41.9 Å². The SMILES string of the molecule is O=C(c1ccc(-c2cc(Cl)cc(Cl)c2)cc1)N1CCOCC1. The highest BCUT2D eigenvalue weighted by Crippen LogP contribution is 2.27. The summed E-state index contributed by atoms with van der Waals surface area (Å²) >= 11 is 12.1. The van der Waals surface area contributed by atoms with Gasteiger partial charge in [-0.25, -0.2) is 0 Å². The molecule has 1 aliphatic heterocycles. The molecule has 1 amide bonds. The summed E-state index contributed by atoms with van der Waals surface area (Å²) in [5, 5.41) is 1.19. The second-order valence-electron chi connectivity index (χ2n) is 5.14. The Morgan fingerprint density at radius 1 is 0.909 bits per heavy atom. The van der Waals surface area contributed by atoms with Crippen molar-refractivity contribution < 1.29 is 9.53 Å². The molecular formula is C17H15Cl2NO2. The third-order valence-corrected chi connectivity index (χ3v) is 4.06. The zero-order valence-electron chi connectivity index (χ0n) is 11.9. The maximum Gasteiger partial charge on any atom is 0.254 e. The summed E-state index contributed by atoms with van der Waals surface area (Å²) < 4.78 is 5.27. The van der Waals surface area contributed by atoms with Crippen molar-refractivity contribution in [3.05, 3.63) is 58.1 Å². The van der Waals surface area contributed by atoms with E-state index in [4.69, 9.17) is 27.9 Å². The van der Waals surface area contributed by atoms with Crippen LogP contribution >= 0.6 is 23.2 Å². The van der Waals surface area contributed by atoms with Gasteiger partial charge in [-0.2, -0.15) is 0 Å². The lowest BCUT2D eigenvalue weighted by Crippen LogP contribution is -2.40. The highest BCUT2D eigenvalue weighted by molar-refractivity contribution is 6.35. The minimum absolute atomic E-state index is 0.0407. The fourth-order valence-corrected chi connectivity index (χ4v) is 3.00. The van der Waals surface area contributed by atoms with Crippen LogP contribution in [0.2, 0.25) is 10.0 Å². The van der Waals surface area contributed by atoms with Gasteiger partial charge in [-0.1, -0.05) is 35.3 Å². The Hall–Kier alpha value is -1.55. The molecule has 3 rings (SSSR count). The van der Waals surface area contributed by atoms with Gasteiger partial charge in [0.25, 0.3) is 5.91 Å². The number of nitrogens with zero attached hydrogens (tertiary/aromatic N) is 1. The van der Waals surface area contributed by atoms with Crippen molar-refractivity contribution >= 4 is 29.1 Å². The van der Waals surface area contributed by atoms with Crippen LogP contribution in [0.5, 0.6) is 0 Å². The van der Waals surface area contributed by atoms with Crippen LogP contribution in [0.3, 0.4) is 0 Å². The molecule has 0 radical (unpaired) electrons. The second-order valence-corrected chi connectivity index (χ2v) is 6.01. The van der Waals surface area contributed by atoms with E-state index in [1.807, 2.05) is 41.3 Å². The van der Waals surface area contributed by atoms with E-state index in [1.54, 1.807) is 6.07 Å². The van der Waals surface area contributed by atoms with Gasteiger partial charge in [0.05, 0.1) is 13.2 Å². The molecule has 1 heterocycles. The van der Waals surface area contributed by atoms with E-state index in [2.05, 4.69) is 0 Å². The molecule has 0 N–H and O–H groups in total. The first-order valence-corrected chi connectivity index (χ1v) is 7.82. The molecule has 1 aliphatic rings. The van der Waals surface area contributed by atoms with E-state index in [9.17, 15) is 4.79 Å². The van der Waals surface area contributed by atoms with Gasteiger partial charge in [-0.05, 0) is 41.5 Å². The van der Waals surface area contributed by atoms with Crippen molar-refractivity contribution in [2.75, 3.05) is 26.3 Å². The Bertz CT molecular complexity index is 659. The van der Waals surface area contributed by atoms with Crippen molar-refractivity contribution in [3.63, 3.8) is 0 Å². The van der Waals surface area contributed by atoms with Crippen LogP contribution in [0.15, 0.2) is 42.5 Å². The van der Waals surface area contributed by atoms with Gasteiger partial charge in [0, 0.05) is 28.7 Å². The Morgan fingerprint density at radius 3 is 2.09 bits per heavy atom. The summed E-state index contributed by atoms with van der Waals surface area (Å²) in [6.07, 6.45) is 0. The van der Waals surface area contributed by atoms with E-state index in [-0.39, 0.29) is 5.91 Å². The lowest BCUT2D eigenvalue weighted by Gasteiger charge is -2.26. The largest absolute Gasteiger partial charge is 0.378 e. The summed E-state index contributed by atoms with van der Waals surface area (Å²) in [5.41, 5.74) is 2.59. The molecule has 0 atom stereocenters. The summed E-state index contributed by atoms with van der Waals surface area (Å²) in [7, 11) is 0. The van der Waals surface area contributed by atoms with Crippen LogP contribution in [0.4, 0.5) is 0 Å². The van der Waals surface area contributed by atoms with Gasteiger partial charge in [0.15, 0.2) is 0 Å². The predicted octanol–water partition coefficient (Wildman–Crippen LogP) is 4.13. The van der Waals surface area contributed by atoms with E-state index >= 15 is 0 Å². The van der Waals surface area contributed by atoms with Crippen molar-refractivity contribution in [1.82, 2.24) is 4.90 Å². The molecule has 5 heteroatoms. The fourth-order valence-electron chi connectivity index (χ4n) is 2.47. The number of carbonyl (C=O) groups is 1. The van der Waals surface area contributed by atoms with Crippen LogP contribution in [-0.2, 0) is 4.74 Å². The number of morpholine rings is 1. The molecule has 3 nitrogen and oxygen atoms in total. The molecule has 0 unspecified atom stereocenters. The molecule has 0 aliphatic carbocycles. The Balaban J connectivity index is 1.81. The Morgan fingerprint density at radius 2 is 1.50 bits per heavy atom. The lowest BCUT2D eigenvalue weighted by molar-refractivity contribution is 0.0303. The number of hydrogen-bond acceptors (Lipinski definition) is 2. The first-order chi connectivity index (χ1) is 10.6. The number of halogens is 2. The van der Waals surface area contributed by atoms with Crippen molar-refractivity contribution in [1.29, 1.82) is 0 Å². The Kier molecular flexibility index (Phi) is 4.67. The number of ether oxygens (including phenoxy) is 1. The maximum atomic E-state index is 12.4. The van der Waals surface area contributed by atoms with Crippen LogP contribution in [0.1, 0.15) is 10.4 Å². The fraction of sp³-hybridized carbons (Fsp3) is 0.235. The average molecular weight is 336 g/mol. The molecule has 0 saturated carbocycles. The highest BCUT2D eigenvalue weighted by Gasteiger charge is 2.18. The van der Waals surface area contributed by atoms with Gasteiger partial charge >= 0.3 is 0 Å². The predicted molar refractivity (Wildman–Crippen MR) is 88.6 cm³/mol. The zero-order valence-corrected chi connectivity index (χ0v) is 13.4. The normalized spacial score (nSPS) is 14.9. The van der Waals surface area contributed by atoms with Gasteiger partial charge < -0.3 is 9.64 Å². The molecular weight excluding hydrogens is 321 g/mol. The number of hydrogen-bond donors (Lipinski definition) is 0. The minimum atomic E-state index is 0.0407. The number of rotatable bonds is 2.